The zero-order chi connectivity index (χ0) is 12.1. The number of rotatable bonds is 5. The van der Waals surface area contributed by atoms with Crippen LogP contribution in [0.2, 0.25) is 0 Å². The Bertz CT molecular complexity index is 395. The van der Waals surface area contributed by atoms with Crippen LogP contribution in [-0.4, -0.2) is 35.0 Å². The molecule has 1 unspecified atom stereocenters. The zero-order valence-electron chi connectivity index (χ0n) is 9.86. The molecule has 0 spiro atoms. The minimum Gasteiger partial charge on any atom is -0.369 e. The Kier molecular flexibility index (Phi) is 3.74. The molecule has 2 heterocycles. The Hall–Kier alpha value is -1.85. The van der Waals surface area contributed by atoms with E-state index in [0.717, 1.165) is 24.6 Å². The van der Waals surface area contributed by atoms with Crippen LogP contribution in [0.15, 0.2) is 12.4 Å². The van der Waals surface area contributed by atoms with Crippen molar-refractivity contribution in [3.8, 4) is 0 Å². The molecular weight excluding hydrogens is 218 g/mol. The number of nitrogens with zero attached hydrogens (tertiary/aromatic N) is 2. The molecule has 0 bridgehead atoms. The van der Waals surface area contributed by atoms with E-state index in [2.05, 4.69) is 25.9 Å². The fourth-order valence-corrected chi connectivity index (χ4v) is 1.78. The van der Waals surface area contributed by atoms with Gasteiger partial charge in [0.1, 0.15) is 11.6 Å². The molecule has 1 aliphatic rings. The van der Waals surface area contributed by atoms with Crippen LogP contribution < -0.4 is 16.0 Å². The minimum absolute atomic E-state index is 0.129. The summed E-state index contributed by atoms with van der Waals surface area (Å²) in [5, 5.41) is 9.18. The second kappa shape index (κ2) is 5.47. The molecule has 1 aromatic heterocycles. The molecular formula is C11H17N5O. The van der Waals surface area contributed by atoms with E-state index in [9.17, 15) is 4.79 Å². The largest absolute Gasteiger partial charge is 0.369 e. The molecule has 0 aliphatic carbocycles. The molecule has 1 saturated heterocycles. The zero-order valence-corrected chi connectivity index (χ0v) is 9.86. The third-order valence-electron chi connectivity index (χ3n) is 2.61. The van der Waals surface area contributed by atoms with Crippen molar-refractivity contribution in [2.45, 2.75) is 25.8 Å². The van der Waals surface area contributed by atoms with E-state index in [1.54, 1.807) is 12.4 Å². The summed E-state index contributed by atoms with van der Waals surface area (Å²) in [6, 6.07) is 0.201. The van der Waals surface area contributed by atoms with Crippen LogP contribution >= 0.6 is 0 Å². The van der Waals surface area contributed by atoms with E-state index >= 15 is 0 Å². The first kappa shape index (κ1) is 11.6. The lowest BCUT2D eigenvalue weighted by Crippen LogP contribution is -2.32. The normalized spacial score (nSPS) is 18.9. The summed E-state index contributed by atoms with van der Waals surface area (Å²) >= 11 is 0. The average molecular weight is 235 g/mol. The highest BCUT2D eigenvalue weighted by molar-refractivity contribution is 5.78. The van der Waals surface area contributed by atoms with E-state index < -0.39 is 0 Å². The van der Waals surface area contributed by atoms with Crippen molar-refractivity contribution in [3.05, 3.63) is 12.4 Å². The highest BCUT2D eigenvalue weighted by Crippen LogP contribution is 2.09. The molecule has 2 rings (SSSR count). The average Bonchev–Trinajstić information content (AvgIpc) is 2.74. The second-order valence-electron chi connectivity index (χ2n) is 4.00. The monoisotopic (exact) mass is 235 g/mol. The van der Waals surface area contributed by atoms with Gasteiger partial charge in [0.05, 0.1) is 12.4 Å². The van der Waals surface area contributed by atoms with Gasteiger partial charge in [0.15, 0.2) is 0 Å². The van der Waals surface area contributed by atoms with Crippen molar-refractivity contribution in [2.24, 2.45) is 0 Å². The van der Waals surface area contributed by atoms with Gasteiger partial charge in [0.25, 0.3) is 0 Å². The standard InChI is InChI=1S/C11H17N5O/c1-2-13-9-6-12-7-10(16-9)14-5-8-3-4-11(17)15-8/h6-8H,2-5H2,1H3,(H,15,17)(H2,13,14,16). The molecule has 1 aliphatic heterocycles. The molecule has 3 N–H and O–H groups in total. The van der Waals surface area contributed by atoms with Crippen LogP contribution in [0.5, 0.6) is 0 Å². The number of aromatic nitrogens is 2. The number of nitrogens with one attached hydrogen (secondary N) is 3. The molecule has 1 aromatic rings. The lowest BCUT2D eigenvalue weighted by Gasteiger charge is -2.12. The van der Waals surface area contributed by atoms with E-state index in [4.69, 9.17) is 0 Å². The first-order chi connectivity index (χ1) is 8.28. The quantitative estimate of drug-likeness (QED) is 0.696. The predicted molar refractivity (Wildman–Crippen MR) is 65.9 cm³/mol. The SMILES string of the molecule is CCNc1cncc(NCC2CCC(=O)N2)n1. The fourth-order valence-electron chi connectivity index (χ4n) is 1.78. The van der Waals surface area contributed by atoms with Crippen molar-refractivity contribution in [2.75, 3.05) is 23.7 Å². The topological polar surface area (TPSA) is 78.9 Å². The molecule has 0 aromatic carbocycles. The maximum absolute atomic E-state index is 11.0. The summed E-state index contributed by atoms with van der Waals surface area (Å²) < 4.78 is 0. The summed E-state index contributed by atoms with van der Waals surface area (Å²) in [6.45, 7) is 3.52. The predicted octanol–water partition coefficient (Wildman–Crippen LogP) is 0.599. The second-order valence-corrected chi connectivity index (χ2v) is 4.00. The number of anilines is 2. The Balaban J connectivity index is 1.85. The van der Waals surface area contributed by atoms with Gasteiger partial charge in [0, 0.05) is 25.6 Å². The number of hydrogen-bond acceptors (Lipinski definition) is 5. The molecule has 0 radical (unpaired) electrons. The Morgan fingerprint density at radius 3 is 2.82 bits per heavy atom. The van der Waals surface area contributed by atoms with Gasteiger partial charge in [-0.15, -0.1) is 0 Å². The Morgan fingerprint density at radius 2 is 2.18 bits per heavy atom. The summed E-state index contributed by atoms with van der Waals surface area (Å²) in [4.78, 5) is 19.5. The molecule has 17 heavy (non-hydrogen) atoms. The van der Waals surface area contributed by atoms with E-state index in [1.165, 1.54) is 0 Å². The van der Waals surface area contributed by atoms with Crippen molar-refractivity contribution in [1.82, 2.24) is 15.3 Å². The molecule has 6 heteroatoms. The smallest absolute Gasteiger partial charge is 0.220 e. The fraction of sp³-hybridized carbons (Fsp3) is 0.545. The molecule has 92 valence electrons. The molecule has 6 nitrogen and oxygen atoms in total. The van der Waals surface area contributed by atoms with Crippen LogP contribution in [0.4, 0.5) is 11.6 Å². The van der Waals surface area contributed by atoms with Crippen molar-refractivity contribution >= 4 is 17.5 Å². The first-order valence-electron chi connectivity index (χ1n) is 5.87. The maximum atomic E-state index is 11.0. The van der Waals surface area contributed by atoms with E-state index in [-0.39, 0.29) is 11.9 Å². The van der Waals surface area contributed by atoms with Crippen LogP contribution in [0.3, 0.4) is 0 Å². The van der Waals surface area contributed by atoms with Crippen LogP contribution in [-0.2, 0) is 4.79 Å². The lowest BCUT2D eigenvalue weighted by molar-refractivity contribution is -0.119. The van der Waals surface area contributed by atoms with Gasteiger partial charge >= 0.3 is 0 Å². The summed E-state index contributed by atoms with van der Waals surface area (Å²) in [7, 11) is 0. The lowest BCUT2D eigenvalue weighted by atomic mass is 10.2. The van der Waals surface area contributed by atoms with Gasteiger partial charge in [-0.2, -0.15) is 0 Å². The molecule has 1 atom stereocenters. The molecule has 1 amide bonds. The van der Waals surface area contributed by atoms with Crippen molar-refractivity contribution < 1.29 is 4.79 Å². The van der Waals surface area contributed by atoms with Crippen LogP contribution in [0, 0.1) is 0 Å². The van der Waals surface area contributed by atoms with E-state index in [1.807, 2.05) is 6.92 Å². The number of carbonyl (C=O) groups excluding carboxylic acids is 1. The number of carbonyl (C=O) groups is 1. The Labute approximate surface area is 100 Å². The highest BCUT2D eigenvalue weighted by Gasteiger charge is 2.20. The molecule has 1 fully saturated rings. The summed E-state index contributed by atoms with van der Waals surface area (Å²) in [5.41, 5.74) is 0. The van der Waals surface area contributed by atoms with Crippen LogP contribution in [0.25, 0.3) is 0 Å². The number of amides is 1. The van der Waals surface area contributed by atoms with Crippen LogP contribution in [0.1, 0.15) is 19.8 Å². The third-order valence-corrected chi connectivity index (χ3v) is 2.61. The number of hydrogen-bond donors (Lipinski definition) is 3. The van der Waals surface area contributed by atoms with Gasteiger partial charge in [-0.05, 0) is 13.3 Å². The molecule has 0 saturated carbocycles. The Morgan fingerprint density at radius 1 is 1.41 bits per heavy atom. The first-order valence-corrected chi connectivity index (χ1v) is 5.87. The van der Waals surface area contributed by atoms with Gasteiger partial charge in [-0.1, -0.05) is 0 Å². The van der Waals surface area contributed by atoms with Crippen molar-refractivity contribution in [3.63, 3.8) is 0 Å². The van der Waals surface area contributed by atoms with Gasteiger partial charge in [0.2, 0.25) is 5.91 Å². The summed E-state index contributed by atoms with van der Waals surface area (Å²) in [6.07, 6.45) is 4.87. The van der Waals surface area contributed by atoms with E-state index in [0.29, 0.717) is 13.0 Å². The third kappa shape index (κ3) is 3.30. The highest BCUT2D eigenvalue weighted by atomic mass is 16.1. The van der Waals surface area contributed by atoms with Gasteiger partial charge in [-0.25, -0.2) is 4.98 Å². The minimum atomic E-state index is 0.129. The maximum Gasteiger partial charge on any atom is 0.220 e. The van der Waals surface area contributed by atoms with Gasteiger partial charge in [-0.3, -0.25) is 9.78 Å². The van der Waals surface area contributed by atoms with Gasteiger partial charge < -0.3 is 16.0 Å². The van der Waals surface area contributed by atoms with Crippen molar-refractivity contribution in [1.29, 1.82) is 0 Å². The summed E-state index contributed by atoms with van der Waals surface area (Å²) in [5.74, 6) is 1.61.